The summed E-state index contributed by atoms with van der Waals surface area (Å²) in [4.78, 5) is 21.6. The second-order valence-electron chi connectivity index (χ2n) is 2.40. The molecule has 0 radical (unpaired) electrons. The number of nitrogens with one attached hydrogen (secondary N) is 2. The molecule has 1 aliphatic rings. The van der Waals surface area contributed by atoms with Crippen LogP contribution >= 0.6 is 0 Å². The lowest BCUT2D eigenvalue weighted by Gasteiger charge is -2.07. The van der Waals surface area contributed by atoms with E-state index in [2.05, 4.69) is 10.6 Å². The molecule has 0 aromatic heterocycles. The Morgan fingerprint density at radius 3 is 3.00 bits per heavy atom. The van der Waals surface area contributed by atoms with Crippen molar-refractivity contribution in [2.24, 2.45) is 5.73 Å². The maximum absolute atomic E-state index is 10.9. The van der Waals surface area contributed by atoms with Gasteiger partial charge in [0, 0.05) is 6.54 Å². The van der Waals surface area contributed by atoms with Crippen molar-refractivity contribution in [3.8, 4) is 0 Å². The van der Waals surface area contributed by atoms with E-state index in [9.17, 15) is 9.59 Å². The molecule has 0 saturated carbocycles. The molecule has 0 aliphatic carbocycles. The summed E-state index contributed by atoms with van der Waals surface area (Å²) >= 11 is 0. The lowest BCUT2D eigenvalue weighted by Crippen LogP contribution is -2.42. The third kappa shape index (κ3) is 1.91. The average Bonchev–Trinajstić information content (AvgIpc) is 2.37. The number of carbonyl (C=O) groups is 2. The minimum atomic E-state index is -0.369. The van der Waals surface area contributed by atoms with Crippen LogP contribution in [0.4, 0.5) is 0 Å². The first-order valence-electron chi connectivity index (χ1n) is 3.51. The van der Waals surface area contributed by atoms with Gasteiger partial charge in [-0.2, -0.15) is 0 Å². The molecule has 0 aromatic rings. The smallest absolute Gasteiger partial charge is 0.242 e. The quantitative estimate of drug-likeness (QED) is 0.431. The van der Waals surface area contributed by atoms with E-state index in [1.165, 1.54) is 0 Å². The average molecular weight is 157 g/mol. The van der Waals surface area contributed by atoms with Crippen LogP contribution in [0.15, 0.2) is 0 Å². The van der Waals surface area contributed by atoms with E-state index >= 15 is 0 Å². The minimum absolute atomic E-state index is 0.0657. The van der Waals surface area contributed by atoms with Gasteiger partial charge in [-0.05, 0) is 6.42 Å². The normalized spacial score (nSPS) is 23.0. The van der Waals surface area contributed by atoms with Crippen molar-refractivity contribution >= 4 is 11.8 Å². The molecule has 5 nitrogen and oxygen atoms in total. The maximum atomic E-state index is 10.9. The molecule has 1 atom stereocenters. The Balaban J connectivity index is 2.36. The summed E-state index contributed by atoms with van der Waals surface area (Å²) in [7, 11) is 0. The molecular weight excluding hydrogens is 146 g/mol. The summed E-state index contributed by atoms with van der Waals surface area (Å²) in [5, 5.41) is 5.11. The molecule has 4 N–H and O–H groups in total. The van der Waals surface area contributed by atoms with Crippen molar-refractivity contribution in [3.05, 3.63) is 0 Å². The third-order valence-electron chi connectivity index (χ3n) is 1.57. The molecule has 11 heavy (non-hydrogen) atoms. The predicted octanol–water partition coefficient (Wildman–Crippen LogP) is -2.05. The first kappa shape index (κ1) is 8.00. The monoisotopic (exact) mass is 157 g/mol. The van der Waals surface area contributed by atoms with Gasteiger partial charge in [-0.15, -0.1) is 0 Å². The SMILES string of the molecule is NCC(=O)NC1CCNC1=O. The number of hydrogen-bond donors (Lipinski definition) is 3. The lowest BCUT2D eigenvalue weighted by atomic mass is 10.2. The second kappa shape index (κ2) is 3.34. The molecule has 1 rings (SSSR count). The van der Waals surface area contributed by atoms with Crippen molar-refractivity contribution in [1.82, 2.24) is 10.6 Å². The van der Waals surface area contributed by atoms with Gasteiger partial charge in [0.1, 0.15) is 6.04 Å². The van der Waals surface area contributed by atoms with Crippen LogP contribution in [0.1, 0.15) is 6.42 Å². The highest BCUT2D eigenvalue weighted by Gasteiger charge is 2.24. The molecule has 1 aliphatic heterocycles. The highest BCUT2D eigenvalue weighted by atomic mass is 16.2. The zero-order valence-electron chi connectivity index (χ0n) is 6.09. The van der Waals surface area contributed by atoms with E-state index in [0.29, 0.717) is 13.0 Å². The number of rotatable bonds is 2. The van der Waals surface area contributed by atoms with Crippen molar-refractivity contribution in [3.63, 3.8) is 0 Å². The van der Waals surface area contributed by atoms with Gasteiger partial charge in [0.2, 0.25) is 11.8 Å². The maximum Gasteiger partial charge on any atom is 0.242 e. The summed E-state index contributed by atoms with van der Waals surface area (Å²) < 4.78 is 0. The van der Waals surface area contributed by atoms with E-state index < -0.39 is 0 Å². The van der Waals surface area contributed by atoms with Crippen molar-refractivity contribution in [2.45, 2.75) is 12.5 Å². The lowest BCUT2D eigenvalue weighted by molar-refractivity contribution is -0.126. The van der Waals surface area contributed by atoms with Crippen molar-refractivity contribution < 1.29 is 9.59 Å². The second-order valence-corrected chi connectivity index (χ2v) is 2.40. The van der Waals surface area contributed by atoms with Gasteiger partial charge in [-0.3, -0.25) is 9.59 Å². The largest absolute Gasteiger partial charge is 0.354 e. The van der Waals surface area contributed by atoms with Gasteiger partial charge in [0.05, 0.1) is 6.54 Å². The number of amides is 2. The van der Waals surface area contributed by atoms with Crippen LogP contribution in [0.25, 0.3) is 0 Å². The van der Waals surface area contributed by atoms with Gasteiger partial charge >= 0.3 is 0 Å². The van der Waals surface area contributed by atoms with Crippen LogP contribution in [0, 0.1) is 0 Å². The Morgan fingerprint density at radius 2 is 2.55 bits per heavy atom. The van der Waals surface area contributed by atoms with Gasteiger partial charge in [0.15, 0.2) is 0 Å². The molecule has 0 bridgehead atoms. The molecular formula is C6H11N3O2. The summed E-state index contributed by atoms with van der Waals surface area (Å²) in [5.74, 6) is -0.404. The van der Waals surface area contributed by atoms with Crippen LogP contribution in [0.5, 0.6) is 0 Å². The molecule has 1 fully saturated rings. The molecule has 0 aromatic carbocycles. The fourth-order valence-corrected chi connectivity index (χ4v) is 0.985. The molecule has 1 saturated heterocycles. The van der Waals surface area contributed by atoms with Crippen molar-refractivity contribution in [2.75, 3.05) is 13.1 Å². The molecule has 1 heterocycles. The fourth-order valence-electron chi connectivity index (χ4n) is 0.985. The Morgan fingerprint density at radius 1 is 1.82 bits per heavy atom. The first-order valence-corrected chi connectivity index (χ1v) is 3.51. The Hall–Kier alpha value is -1.10. The van der Waals surface area contributed by atoms with E-state index in [1.807, 2.05) is 0 Å². The van der Waals surface area contributed by atoms with Gasteiger partial charge in [-0.25, -0.2) is 0 Å². The molecule has 0 spiro atoms. The van der Waals surface area contributed by atoms with E-state index in [-0.39, 0.29) is 24.4 Å². The highest BCUT2D eigenvalue weighted by molar-refractivity contribution is 5.89. The summed E-state index contributed by atoms with van der Waals surface area (Å²) in [6.07, 6.45) is 0.657. The molecule has 62 valence electrons. The fraction of sp³-hybridized carbons (Fsp3) is 0.667. The zero-order chi connectivity index (χ0) is 8.27. The molecule has 5 heteroatoms. The summed E-state index contributed by atoms with van der Waals surface area (Å²) in [5.41, 5.74) is 5.05. The number of nitrogens with two attached hydrogens (primary N) is 1. The van der Waals surface area contributed by atoms with Crippen LogP contribution in [-0.4, -0.2) is 30.9 Å². The van der Waals surface area contributed by atoms with Crippen LogP contribution < -0.4 is 16.4 Å². The van der Waals surface area contributed by atoms with Gasteiger partial charge in [0.25, 0.3) is 0 Å². The van der Waals surface area contributed by atoms with Crippen LogP contribution in [-0.2, 0) is 9.59 Å². The number of hydrogen-bond acceptors (Lipinski definition) is 3. The van der Waals surface area contributed by atoms with Crippen LogP contribution in [0.3, 0.4) is 0 Å². The van der Waals surface area contributed by atoms with Gasteiger partial charge in [-0.1, -0.05) is 0 Å². The Bertz CT molecular complexity index is 181. The first-order chi connectivity index (χ1) is 5.24. The molecule has 1 unspecified atom stereocenters. The zero-order valence-corrected chi connectivity index (χ0v) is 6.09. The van der Waals surface area contributed by atoms with E-state index in [1.54, 1.807) is 0 Å². The minimum Gasteiger partial charge on any atom is -0.354 e. The van der Waals surface area contributed by atoms with E-state index in [4.69, 9.17) is 5.73 Å². The topological polar surface area (TPSA) is 84.2 Å². The predicted molar refractivity (Wildman–Crippen MR) is 38.6 cm³/mol. The highest BCUT2D eigenvalue weighted by Crippen LogP contribution is 1.97. The van der Waals surface area contributed by atoms with Crippen molar-refractivity contribution in [1.29, 1.82) is 0 Å². The standard InChI is InChI=1S/C6H11N3O2/c7-3-5(10)9-4-1-2-8-6(4)11/h4H,1-3,7H2,(H,8,11)(H,9,10). The Labute approximate surface area is 64.3 Å². The summed E-state index contributed by atoms with van der Waals surface area (Å²) in [6, 6.07) is -0.369. The van der Waals surface area contributed by atoms with E-state index in [0.717, 1.165) is 0 Å². The number of carbonyl (C=O) groups excluding carboxylic acids is 2. The summed E-state index contributed by atoms with van der Waals surface area (Å²) in [6.45, 7) is 0.568. The Kier molecular flexibility index (Phi) is 2.43. The third-order valence-corrected chi connectivity index (χ3v) is 1.57. The van der Waals surface area contributed by atoms with Gasteiger partial charge < -0.3 is 16.4 Å². The van der Waals surface area contributed by atoms with Crippen LogP contribution in [0.2, 0.25) is 0 Å². The molecule has 2 amide bonds.